The molecule has 1 saturated heterocycles. The zero-order valence-electron chi connectivity index (χ0n) is 8.71. The van der Waals surface area contributed by atoms with E-state index < -0.39 is 0 Å². The van der Waals surface area contributed by atoms with Gasteiger partial charge >= 0.3 is 6.03 Å². The smallest absolute Gasteiger partial charge is 0.317 e. The molecule has 0 saturated carbocycles. The highest BCUT2D eigenvalue weighted by Gasteiger charge is 2.20. The van der Waals surface area contributed by atoms with Gasteiger partial charge in [-0.3, -0.25) is 4.90 Å². The Morgan fingerprint density at radius 2 is 2.27 bits per heavy atom. The highest BCUT2D eigenvalue weighted by atomic mass is 19.1. The molecule has 0 bridgehead atoms. The fraction of sp³-hybridized carbons (Fsp3) is 0.700. The van der Waals surface area contributed by atoms with Crippen molar-refractivity contribution in [2.75, 3.05) is 39.3 Å². The normalized spacial score (nSPS) is 22.9. The van der Waals surface area contributed by atoms with Crippen LogP contribution in [-0.2, 0) is 0 Å². The fourth-order valence-corrected chi connectivity index (χ4v) is 1.94. The summed E-state index contributed by atoms with van der Waals surface area (Å²) in [6, 6.07) is 0.00280. The summed E-state index contributed by atoms with van der Waals surface area (Å²) in [5.41, 5.74) is 0. The molecule has 4 nitrogen and oxygen atoms in total. The summed E-state index contributed by atoms with van der Waals surface area (Å²) in [4.78, 5) is 15.0. The van der Waals surface area contributed by atoms with Crippen LogP contribution >= 0.6 is 0 Å². The van der Waals surface area contributed by atoms with Crippen LogP contribution in [0.5, 0.6) is 0 Å². The highest BCUT2D eigenvalue weighted by Crippen LogP contribution is 2.10. The van der Waals surface area contributed by atoms with Crippen LogP contribution in [0.1, 0.15) is 6.42 Å². The minimum atomic E-state index is -0.0490. The van der Waals surface area contributed by atoms with Crippen LogP contribution in [0.2, 0.25) is 0 Å². The van der Waals surface area contributed by atoms with Gasteiger partial charge in [0.15, 0.2) is 0 Å². The molecule has 2 heterocycles. The molecule has 0 atom stereocenters. The molecule has 0 spiro atoms. The molecular formula is C10H16FN3O. The van der Waals surface area contributed by atoms with Gasteiger partial charge in [-0.05, 0) is 6.42 Å². The van der Waals surface area contributed by atoms with Gasteiger partial charge in [0.25, 0.3) is 0 Å². The first-order valence-corrected chi connectivity index (χ1v) is 5.35. The lowest BCUT2D eigenvalue weighted by molar-refractivity contribution is 0.200. The number of halogens is 1. The summed E-state index contributed by atoms with van der Waals surface area (Å²) < 4.78 is 12.9. The van der Waals surface area contributed by atoms with Crippen molar-refractivity contribution < 1.29 is 9.18 Å². The van der Waals surface area contributed by atoms with Crippen LogP contribution in [0, 0.1) is 0 Å². The van der Waals surface area contributed by atoms with Gasteiger partial charge in [0.1, 0.15) is 5.83 Å². The molecule has 2 rings (SSSR count). The van der Waals surface area contributed by atoms with Gasteiger partial charge < -0.3 is 10.2 Å². The quantitative estimate of drug-likeness (QED) is 0.744. The van der Waals surface area contributed by atoms with Crippen LogP contribution in [0.4, 0.5) is 9.18 Å². The molecule has 0 aromatic heterocycles. The van der Waals surface area contributed by atoms with E-state index in [9.17, 15) is 9.18 Å². The standard InChI is InChI=1S/C10H16FN3O/c11-9-2-1-4-13(8-9)6-7-14-5-3-12-10(14)15/h2H,1,3-8H2,(H,12,15). The molecule has 0 aromatic carbocycles. The number of carbonyl (C=O) groups is 1. The van der Waals surface area contributed by atoms with Crippen molar-refractivity contribution in [2.24, 2.45) is 0 Å². The molecule has 5 heteroatoms. The lowest BCUT2D eigenvalue weighted by Gasteiger charge is -2.26. The van der Waals surface area contributed by atoms with Crippen molar-refractivity contribution >= 4 is 6.03 Å². The van der Waals surface area contributed by atoms with Gasteiger partial charge in [-0.2, -0.15) is 0 Å². The third-order valence-corrected chi connectivity index (χ3v) is 2.82. The Hall–Kier alpha value is -1.10. The average molecular weight is 213 g/mol. The number of nitrogens with zero attached hydrogens (tertiary/aromatic N) is 2. The van der Waals surface area contributed by atoms with Crippen molar-refractivity contribution in [3.05, 3.63) is 11.9 Å². The minimum absolute atomic E-state index is 0.00280. The second-order valence-corrected chi connectivity index (χ2v) is 3.93. The largest absolute Gasteiger partial charge is 0.336 e. The van der Waals surface area contributed by atoms with E-state index >= 15 is 0 Å². The van der Waals surface area contributed by atoms with Gasteiger partial charge in [0.05, 0.1) is 0 Å². The maximum absolute atomic E-state index is 12.9. The van der Waals surface area contributed by atoms with E-state index in [0.717, 1.165) is 32.6 Å². The first-order chi connectivity index (χ1) is 7.25. The molecule has 15 heavy (non-hydrogen) atoms. The summed E-state index contributed by atoms with van der Waals surface area (Å²) in [6.45, 7) is 4.24. The molecule has 0 radical (unpaired) electrons. The highest BCUT2D eigenvalue weighted by molar-refractivity contribution is 5.76. The lowest BCUT2D eigenvalue weighted by Crippen LogP contribution is -2.38. The van der Waals surface area contributed by atoms with Crippen molar-refractivity contribution in [2.45, 2.75) is 6.42 Å². The predicted molar refractivity (Wildman–Crippen MR) is 55.2 cm³/mol. The van der Waals surface area contributed by atoms with E-state index in [0.29, 0.717) is 13.1 Å². The SMILES string of the molecule is O=C1NCCN1CCN1CCC=C(F)C1. The van der Waals surface area contributed by atoms with E-state index in [4.69, 9.17) is 0 Å². The molecule has 1 N–H and O–H groups in total. The molecule has 2 amide bonds. The summed E-state index contributed by atoms with van der Waals surface area (Å²) in [5.74, 6) is -0.0490. The zero-order valence-corrected chi connectivity index (χ0v) is 8.71. The second kappa shape index (κ2) is 4.61. The van der Waals surface area contributed by atoms with Gasteiger partial charge in [-0.15, -0.1) is 0 Å². The molecule has 0 aromatic rings. The van der Waals surface area contributed by atoms with Gasteiger partial charge in [-0.25, -0.2) is 9.18 Å². The van der Waals surface area contributed by atoms with Crippen LogP contribution in [0.15, 0.2) is 11.9 Å². The Kier molecular flexibility index (Phi) is 3.20. The van der Waals surface area contributed by atoms with E-state index in [1.54, 1.807) is 11.0 Å². The van der Waals surface area contributed by atoms with Crippen molar-refractivity contribution in [3.8, 4) is 0 Å². The zero-order chi connectivity index (χ0) is 10.7. The molecule has 2 aliphatic heterocycles. The molecule has 1 fully saturated rings. The van der Waals surface area contributed by atoms with Crippen LogP contribution < -0.4 is 5.32 Å². The van der Waals surface area contributed by atoms with Gasteiger partial charge in [-0.1, -0.05) is 6.08 Å². The number of urea groups is 1. The Balaban J connectivity index is 1.74. The Labute approximate surface area is 88.7 Å². The summed E-state index contributed by atoms with van der Waals surface area (Å²) >= 11 is 0. The first kappa shape index (κ1) is 10.4. The second-order valence-electron chi connectivity index (χ2n) is 3.93. The topological polar surface area (TPSA) is 35.6 Å². The predicted octanol–water partition coefficient (Wildman–Crippen LogP) is 0.571. The summed E-state index contributed by atoms with van der Waals surface area (Å²) in [5, 5.41) is 2.75. The lowest BCUT2D eigenvalue weighted by atomic mass is 10.2. The number of carbonyl (C=O) groups excluding carboxylic acids is 1. The first-order valence-electron chi connectivity index (χ1n) is 5.35. The third kappa shape index (κ3) is 2.68. The average Bonchev–Trinajstić information content (AvgIpc) is 2.61. The number of hydrogen-bond donors (Lipinski definition) is 1. The summed E-state index contributed by atoms with van der Waals surface area (Å²) in [6.07, 6.45) is 2.41. The van der Waals surface area contributed by atoms with Crippen molar-refractivity contribution in [3.63, 3.8) is 0 Å². The molecule has 0 unspecified atom stereocenters. The van der Waals surface area contributed by atoms with E-state index in [1.807, 2.05) is 4.90 Å². The molecular weight excluding hydrogens is 197 g/mol. The van der Waals surface area contributed by atoms with Crippen LogP contribution in [-0.4, -0.2) is 55.1 Å². The van der Waals surface area contributed by atoms with Crippen LogP contribution in [0.25, 0.3) is 0 Å². The Bertz CT molecular complexity index is 280. The third-order valence-electron chi connectivity index (χ3n) is 2.82. The van der Waals surface area contributed by atoms with Gasteiger partial charge in [0, 0.05) is 39.3 Å². The van der Waals surface area contributed by atoms with Crippen molar-refractivity contribution in [1.82, 2.24) is 15.1 Å². The molecule has 84 valence electrons. The number of amides is 2. The van der Waals surface area contributed by atoms with Crippen molar-refractivity contribution in [1.29, 1.82) is 0 Å². The van der Waals surface area contributed by atoms with Crippen LogP contribution in [0.3, 0.4) is 0 Å². The van der Waals surface area contributed by atoms with E-state index in [-0.39, 0.29) is 11.9 Å². The van der Waals surface area contributed by atoms with E-state index in [2.05, 4.69) is 5.32 Å². The fourth-order valence-electron chi connectivity index (χ4n) is 1.94. The monoisotopic (exact) mass is 213 g/mol. The number of nitrogens with one attached hydrogen (secondary N) is 1. The molecule has 0 aliphatic carbocycles. The van der Waals surface area contributed by atoms with Gasteiger partial charge in [0.2, 0.25) is 0 Å². The molecule has 2 aliphatic rings. The number of hydrogen-bond acceptors (Lipinski definition) is 2. The maximum Gasteiger partial charge on any atom is 0.317 e. The minimum Gasteiger partial charge on any atom is -0.336 e. The number of rotatable bonds is 3. The summed E-state index contributed by atoms with van der Waals surface area (Å²) in [7, 11) is 0. The Morgan fingerprint density at radius 1 is 1.40 bits per heavy atom. The Morgan fingerprint density at radius 3 is 2.93 bits per heavy atom. The maximum atomic E-state index is 12.9. The van der Waals surface area contributed by atoms with E-state index in [1.165, 1.54) is 0 Å².